The SMILES string of the molecule is OC(=C(C(F)(F)F)C(F)(F)C(F)(C(F)(F)F)C(F)(F)F)C(F)(F)C(F)(F)F. The van der Waals surface area contributed by atoms with E-state index < -0.39 is 53.6 Å². The number of allylic oxidation sites excluding steroid dienone is 2. The van der Waals surface area contributed by atoms with E-state index in [2.05, 4.69) is 0 Å². The first-order valence-electron chi connectivity index (χ1n) is 5.44. The standard InChI is InChI=1S/C9HF17O/c10-3(11,6(17,8(21,22)23)9(24,25)26)1(5(14,15)16)2(27)4(12,13)7(18,19)20/h27H. The largest absolute Gasteiger partial charge is 0.506 e. The van der Waals surface area contributed by atoms with Gasteiger partial charge in [0.05, 0.1) is 0 Å². The molecule has 0 saturated carbocycles. The van der Waals surface area contributed by atoms with E-state index in [1.165, 1.54) is 0 Å². The quantitative estimate of drug-likeness (QED) is 0.414. The molecule has 0 rings (SSSR count). The molecule has 0 saturated heterocycles. The van der Waals surface area contributed by atoms with E-state index in [0.29, 0.717) is 0 Å². The minimum atomic E-state index is -8.30. The molecule has 0 fully saturated rings. The van der Waals surface area contributed by atoms with Gasteiger partial charge in [-0.25, -0.2) is 4.39 Å². The highest BCUT2D eigenvalue weighted by Crippen LogP contribution is 2.60. The number of rotatable bonds is 3. The highest BCUT2D eigenvalue weighted by molar-refractivity contribution is 5.33. The van der Waals surface area contributed by atoms with Gasteiger partial charge in [0.15, 0.2) is 5.76 Å². The third-order valence-corrected chi connectivity index (χ3v) is 2.70. The number of aliphatic hydroxyl groups is 1. The van der Waals surface area contributed by atoms with Crippen LogP contribution in [-0.2, 0) is 0 Å². The van der Waals surface area contributed by atoms with Crippen LogP contribution in [-0.4, -0.2) is 47.3 Å². The number of hydrogen-bond acceptors (Lipinski definition) is 1. The third-order valence-electron chi connectivity index (χ3n) is 2.70. The molecule has 0 aromatic carbocycles. The van der Waals surface area contributed by atoms with Crippen molar-refractivity contribution in [1.82, 2.24) is 0 Å². The molecule has 0 atom stereocenters. The lowest BCUT2D eigenvalue weighted by Gasteiger charge is -2.38. The molecule has 0 aliphatic rings. The molecule has 27 heavy (non-hydrogen) atoms. The summed E-state index contributed by atoms with van der Waals surface area (Å²) < 4.78 is 211. The Bertz CT molecular complexity index is 567. The Labute approximate surface area is 135 Å². The van der Waals surface area contributed by atoms with Crippen molar-refractivity contribution in [3.05, 3.63) is 11.3 Å². The van der Waals surface area contributed by atoms with E-state index in [0.717, 1.165) is 0 Å². The molecular weight excluding hydrogens is 447 g/mol. The van der Waals surface area contributed by atoms with Crippen LogP contribution in [0.25, 0.3) is 0 Å². The van der Waals surface area contributed by atoms with Crippen LogP contribution in [0.4, 0.5) is 74.6 Å². The van der Waals surface area contributed by atoms with Gasteiger partial charge < -0.3 is 5.11 Å². The van der Waals surface area contributed by atoms with Crippen molar-refractivity contribution in [1.29, 1.82) is 0 Å². The molecule has 0 aromatic rings. The minimum Gasteiger partial charge on any atom is -0.506 e. The first kappa shape index (κ1) is 25.3. The van der Waals surface area contributed by atoms with Crippen molar-refractivity contribution in [2.24, 2.45) is 0 Å². The van der Waals surface area contributed by atoms with Crippen LogP contribution in [0.1, 0.15) is 0 Å². The maximum atomic E-state index is 13.3. The molecule has 1 nitrogen and oxygen atoms in total. The molecule has 0 aliphatic carbocycles. The van der Waals surface area contributed by atoms with E-state index in [1.807, 2.05) is 0 Å². The van der Waals surface area contributed by atoms with E-state index in [4.69, 9.17) is 5.11 Å². The van der Waals surface area contributed by atoms with Crippen LogP contribution >= 0.6 is 0 Å². The fourth-order valence-corrected chi connectivity index (χ4v) is 1.44. The average molecular weight is 448 g/mol. The summed E-state index contributed by atoms with van der Waals surface area (Å²) in [4.78, 5) is 0. The van der Waals surface area contributed by atoms with Crippen LogP contribution in [0.5, 0.6) is 0 Å². The molecule has 0 spiro atoms. The maximum absolute atomic E-state index is 13.3. The smallest absolute Gasteiger partial charge is 0.461 e. The van der Waals surface area contributed by atoms with Crippen LogP contribution in [0.3, 0.4) is 0 Å². The summed E-state index contributed by atoms with van der Waals surface area (Å²) in [5.41, 5.74) is -13.7. The topological polar surface area (TPSA) is 20.2 Å². The number of halogens is 17. The lowest BCUT2D eigenvalue weighted by Crippen LogP contribution is -2.66. The summed E-state index contributed by atoms with van der Waals surface area (Å²) in [6.45, 7) is 0. The van der Waals surface area contributed by atoms with Crippen LogP contribution in [0.15, 0.2) is 11.3 Å². The van der Waals surface area contributed by atoms with Gasteiger partial charge in [0.1, 0.15) is 5.57 Å². The zero-order valence-corrected chi connectivity index (χ0v) is 11.4. The number of hydrogen-bond donors (Lipinski definition) is 1. The molecule has 0 radical (unpaired) electrons. The van der Waals surface area contributed by atoms with Crippen molar-refractivity contribution in [2.45, 2.75) is 42.2 Å². The van der Waals surface area contributed by atoms with Gasteiger partial charge in [0.2, 0.25) is 0 Å². The first-order valence-corrected chi connectivity index (χ1v) is 5.44. The van der Waals surface area contributed by atoms with E-state index >= 15 is 0 Å². The van der Waals surface area contributed by atoms with Crippen molar-refractivity contribution < 1.29 is 79.7 Å². The predicted molar refractivity (Wildman–Crippen MR) is 47.6 cm³/mol. The molecule has 1 N–H and O–H groups in total. The highest BCUT2D eigenvalue weighted by Gasteiger charge is 2.87. The third kappa shape index (κ3) is 3.83. The highest BCUT2D eigenvalue weighted by atomic mass is 19.4. The van der Waals surface area contributed by atoms with Crippen molar-refractivity contribution in [3.63, 3.8) is 0 Å². The molecule has 0 unspecified atom stereocenters. The lowest BCUT2D eigenvalue weighted by molar-refractivity contribution is -0.393. The summed E-state index contributed by atoms with van der Waals surface area (Å²) in [6, 6.07) is 0. The maximum Gasteiger partial charge on any atom is 0.461 e. The van der Waals surface area contributed by atoms with Crippen molar-refractivity contribution in [3.8, 4) is 0 Å². The number of alkyl halides is 17. The second-order valence-corrected chi connectivity index (χ2v) is 4.52. The summed E-state index contributed by atoms with van der Waals surface area (Å²) in [6.07, 6.45) is -31.0. The molecule has 0 heterocycles. The Morgan fingerprint density at radius 3 is 0.926 bits per heavy atom. The van der Waals surface area contributed by atoms with Gasteiger partial charge in [-0.2, -0.15) is 70.2 Å². The summed E-state index contributed by atoms with van der Waals surface area (Å²) in [7, 11) is 0. The van der Waals surface area contributed by atoms with Gasteiger partial charge >= 0.3 is 42.2 Å². The van der Waals surface area contributed by atoms with E-state index in [-0.39, 0.29) is 0 Å². The Hall–Kier alpha value is -1.65. The van der Waals surface area contributed by atoms with E-state index in [1.54, 1.807) is 0 Å². The Balaban J connectivity index is 7.33. The van der Waals surface area contributed by atoms with E-state index in [9.17, 15) is 74.6 Å². The summed E-state index contributed by atoms with van der Waals surface area (Å²) in [5.74, 6) is -20.6. The van der Waals surface area contributed by atoms with Crippen LogP contribution in [0.2, 0.25) is 0 Å². The Morgan fingerprint density at radius 1 is 0.444 bits per heavy atom. The zero-order chi connectivity index (χ0) is 22.7. The predicted octanol–water partition coefficient (Wildman–Crippen LogP) is 6.03. The molecule has 18 heteroatoms. The monoisotopic (exact) mass is 448 g/mol. The van der Waals surface area contributed by atoms with Crippen LogP contribution < -0.4 is 0 Å². The fraction of sp³-hybridized carbons (Fsp3) is 0.778. The summed E-state index contributed by atoms with van der Waals surface area (Å²) in [5, 5.41) is 8.25. The number of aliphatic hydroxyl groups excluding tert-OH is 1. The van der Waals surface area contributed by atoms with Gasteiger partial charge in [-0.3, -0.25) is 0 Å². The molecule has 162 valence electrons. The molecule has 0 aromatic heterocycles. The van der Waals surface area contributed by atoms with Gasteiger partial charge in [-0.1, -0.05) is 0 Å². The fourth-order valence-electron chi connectivity index (χ4n) is 1.44. The van der Waals surface area contributed by atoms with Gasteiger partial charge in [-0.05, 0) is 0 Å². The minimum absolute atomic E-state index is 5.00. The Kier molecular flexibility index (Phi) is 5.80. The lowest BCUT2D eigenvalue weighted by atomic mass is 9.87. The van der Waals surface area contributed by atoms with Crippen molar-refractivity contribution >= 4 is 0 Å². The second-order valence-electron chi connectivity index (χ2n) is 4.52. The second kappa shape index (κ2) is 6.18. The van der Waals surface area contributed by atoms with Crippen molar-refractivity contribution in [2.75, 3.05) is 0 Å². The van der Waals surface area contributed by atoms with Gasteiger partial charge in [-0.15, -0.1) is 0 Å². The molecule has 0 amide bonds. The zero-order valence-electron chi connectivity index (χ0n) is 11.4. The Morgan fingerprint density at radius 2 is 0.741 bits per heavy atom. The normalized spacial score (nSPS) is 17.1. The molecule has 0 aliphatic heterocycles. The van der Waals surface area contributed by atoms with Gasteiger partial charge in [0.25, 0.3) is 0 Å². The average Bonchev–Trinajstić information content (AvgIpc) is 2.30. The van der Waals surface area contributed by atoms with Gasteiger partial charge in [0, 0.05) is 0 Å². The van der Waals surface area contributed by atoms with Crippen LogP contribution in [0, 0.1) is 0 Å². The summed E-state index contributed by atoms with van der Waals surface area (Å²) >= 11 is 0. The first-order chi connectivity index (χ1) is 11.3. The molecule has 0 bridgehead atoms. The molecular formula is C9HF17O.